The van der Waals surface area contributed by atoms with Crippen LogP contribution in [0.2, 0.25) is 0 Å². The van der Waals surface area contributed by atoms with Crippen LogP contribution in [0.25, 0.3) is 0 Å². The van der Waals surface area contributed by atoms with E-state index < -0.39 is 16.1 Å². The Morgan fingerprint density at radius 1 is 1.38 bits per heavy atom. The molecule has 0 aliphatic carbocycles. The number of anilines is 1. The number of hydrogen-bond donors (Lipinski definition) is 1. The van der Waals surface area contributed by atoms with Gasteiger partial charge in [-0.25, -0.2) is 8.42 Å². The van der Waals surface area contributed by atoms with Crippen LogP contribution in [-0.2, 0) is 24.4 Å². The molecule has 3 rings (SSSR count). The van der Waals surface area contributed by atoms with Crippen molar-refractivity contribution in [2.75, 3.05) is 25.2 Å². The van der Waals surface area contributed by atoms with Gasteiger partial charge in [-0.1, -0.05) is 4.47 Å². The number of amides is 2. The summed E-state index contributed by atoms with van der Waals surface area (Å²) in [5.74, 6) is 0.293. The number of thioether (sulfide) groups is 1. The van der Waals surface area contributed by atoms with Gasteiger partial charge in [-0.3, -0.25) is 14.4 Å². The molecule has 142 valence electrons. The summed E-state index contributed by atoms with van der Waals surface area (Å²) in [4.78, 5) is 30.9. The number of sulfonamides is 1. The van der Waals surface area contributed by atoms with Gasteiger partial charge in [0.2, 0.25) is 11.8 Å². The van der Waals surface area contributed by atoms with Gasteiger partial charge in [0.05, 0.1) is 16.9 Å². The molecule has 1 aromatic carbocycles. The van der Waals surface area contributed by atoms with Crippen LogP contribution in [0, 0.1) is 0 Å². The molecule has 0 saturated carbocycles. The first kappa shape index (κ1) is 19.2. The number of hydroxylamine groups is 1. The standard InChI is InChI=1S/C16H21N3O5S2/c1-16-9-8-14(20)19(16)13(10-25-16)15(21)17-11-4-6-12(7-5-11)26(22,23)18(2)24-3/h4-7,13H,8-10H2,1-3H3,(H,17,21). The predicted molar refractivity (Wildman–Crippen MR) is 97.8 cm³/mol. The quantitative estimate of drug-likeness (QED) is 0.749. The van der Waals surface area contributed by atoms with Gasteiger partial charge in [-0.05, 0) is 37.6 Å². The minimum atomic E-state index is -3.73. The second-order valence-corrected chi connectivity index (χ2v) is 9.81. The molecule has 0 bridgehead atoms. The summed E-state index contributed by atoms with van der Waals surface area (Å²) in [6.45, 7) is 1.99. The Kier molecular flexibility index (Phi) is 5.04. The predicted octanol–water partition coefficient (Wildman–Crippen LogP) is 1.26. The molecular weight excluding hydrogens is 378 g/mol. The lowest BCUT2D eigenvalue weighted by atomic mass is 10.2. The summed E-state index contributed by atoms with van der Waals surface area (Å²) in [6.07, 6.45) is 1.21. The number of carbonyl (C=O) groups excluding carboxylic acids is 2. The van der Waals surface area contributed by atoms with Gasteiger partial charge in [0.15, 0.2) is 0 Å². The summed E-state index contributed by atoms with van der Waals surface area (Å²) in [5.41, 5.74) is 0.472. The lowest BCUT2D eigenvalue weighted by molar-refractivity contribution is -0.135. The Labute approximate surface area is 156 Å². The van der Waals surface area contributed by atoms with Crippen LogP contribution < -0.4 is 5.32 Å². The maximum Gasteiger partial charge on any atom is 0.264 e. The average Bonchev–Trinajstić information content (AvgIpc) is 3.11. The molecule has 2 amide bonds. The third-order valence-electron chi connectivity index (χ3n) is 4.76. The number of nitrogens with one attached hydrogen (secondary N) is 1. The minimum absolute atomic E-state index is 0.00157. The Morgan fingerprint density at radius 2 is 2.04 bits per heavy atom. The van der Waals surface area contributed by atoms with E-state index >= 15 is 0 Å². The van der Waals surface area contributed by atoms with Gasteiger partial charge in [-0.2, -0.15) is 0 Å². The fourth-order valence-corrected chi connectivity index (χ4v) is 5.60. The molecule has 2 saturated heterocycles. The Hall–Kier alpha value is -1.62. The van der Waals surface area contributed by atoms with Crippen molar-refractivity contribution in [1.29, 1.82) is 0 Å². The zero-order valence-electron chi connectivity index (χ0n) is 14.8. The van der Waals surface area contributed by atoms with Crippen LogP contribution in [0.3, 0.4) is 0 Å². The molecule has 2 atom stereocenters. The number of nitrogens with zero attached hydrogens (tertiary/aromatic N) is 2. The lowest BCUT2D eigenvalue weighted by Crippen LogP contribution is -2.48. The van der Waals surface area contributed by atoms with Crippen LogP contribution in [-0.4, -0.2) is 60.4 Å². The molecule has 2 aliphatic heterocycles. The van der Waals surface area contributed by atoms with Crippen molar-refractivity contribution < 1.29 is 22.8 Å². The summed E-state index contributed by atoms with van der Waals surface area (Å²) in [5, 5.41) is 2.77. The summed E-state index contributed by atoms with van der Waals surface area (Å²) in [7, 11) is -1.17. The summed E-state index contributed by atoms with van der Waals surface area (Å²) in [6, 6.07) is 5.32. The van der Waals surface area contributed by atoms with Gasteiger partial charge in [0, 0.05) is 24.9 Å². The number of rotatable bonds is 5. The van der Waals surface area contributed by atoms with Crippen molar-refractivity contribution >= 4 is 39.3 Å². The number of benzene rings is 1. The highest BCUT2D eigenvalue weighted by Gasteiger charge is 2.52. The van der Waals surface area contributed by atoms with Crippen molar-refractivity contribution in [1.82, 2.24) is 9.37 Å². The van der Waals surface area contributed by atoms with Crippen molar-refractivity contribution in [3.05, 3.63) is 24.3 Å². The second kappa shape index (κ2) is 6.84. The maximum atomic E-state index is 12.6. The van der Waals surface area contributed by atoms with E-state index in [0.29, 0.717) is 17.9 Å². The van der Waals surface area contributed by atoms with Gasteiger partial charge in [0.1, 0.15) is 6.04 Å². The van der Waals surface area contributed by atoms with E-state index in [1.165, 1.54) is 38.4 Å². The molecule has 2 aliphatic rings. The van der Waals surface area contributed by atoms with Gasteiger partial charge in [0.25, 0.3) is 10.0 Å². The van der Waals surface area contributed by atoms with E-state index in [1.54, 1.807) is 16.7 Å². The Morgan fingerprint density at radius 3 is 2.65 bits per heavy atom. The first-order chi connectivity index (χ1) is 12.2. The molecule has 0 spiro atoms. The van der Waals surface area contributed by atoms with Gasteiger partial charge >= 0.3 is 0 Å². The van der Waals surface area contributed by atoms with E-state index in [2.05, 4.69) is 5.32 Å². The zero-order valence-corrected chi connectivity index (χ0v) is 16.4. The van der Waals surface area contributed by atoms with Gasteiger partial charge in [-0.15, -0.1) is 11.8 Å². The number of carbonyl (C=O) groups is 2. The minimum Gasteiger partial charge on any atom is -0.324 e. The lowest BCUT2D eigenvalue weighted by Gasteiger charge is -2.29. The smallest absolute Gasteiger partial charge is 0.264 e. The van der Waals surface area contributed by atoms with Crippen LogP contribution in [0.5, 0.6) is 0 Å². The molecule has 1 aromatic rings. The fraction of sp³-hybridized carbons (Fsp3) is 0.500. The Bertz CT molecular complexity index is 827. The van der Waals surface area contributed by atoms with Crippen molar-refractivity contribution in [2.24, 2.45) is 0 Å². The van der Waals surface area contributed by atoms with Crippen LogP contribution >= 0.6 is 11.8 Å². The van der Waals surface area contributed by atoms with Crippen molar-refractivity contribution in [3.63, 3.8) is 0 Å². The molecule has 0 radical (unpaired) electrons. The first-order valence-corrected chi connectivity index (χ1v) is 10.5. The van der Waals surface area contributed by atoms with Crippen LogP contribution in [0.4, 0.5) is 5.69 Å². The van der Waals surface area contributed by atoms with E-state index in [4.69, 9.17) is 4.84 Å². The molecular formula is C16H21N3O5S2. The largest absolute Gasteiger partial charge is 0.324 e. The fourth-order valence-electron chi connectivity index (χ4n) is 3.20. The molecule has 26 heavy (non-hydrogen) atoms. The third kappa shape index (κ3) is 3.22. The van der Waals surface area contributed by atoms with E-state index in [9.17, 15) is 18.0 Å². The summed E-state index contributed by atoms with van der Waals surface area (Å²) >= 11 is 1.62. The molecule has 10 heteroatoms. The van der Waals surface area contributed by atoms with E-state index in [0.717, 1.165) is 10.9 Å². The molecule has 2 fully saturated rings. The van der Waals surface area contributed by atoms with Crippen LogP contribution in [0.1, 0.15) is 19.8 Å². The number of fused-ring (bicyclic) bond motifs is 1. The highest BCUT2D eigenvalue weighted by atomic mass is 32.2. The third-order valence-corrected chi connectivity index (χ3v) is 7.96. The highest BCUT2D eigenvalue weighted by molar-refractivity contribution is 8.01. The monoisotopic (exact) mass is 399 g/mol. The molecule has 0 aromatic heterocycles. The Balaban J connectivity index is 1.72. The topological polar surface area (TPSA) is 96.0 Å². The van der Waals surface area contributed by atoms with Crippen molar-refractivity contribution in [2.45, 2.75) is 35.6 Å². The molecule has 2 heterocycles. The van der Waals surface area contributed by atoms with E-state index in [-0.39, 0.29) is 21.6 Å². The second-order valence-electron chi connectivity index (χ2n) is 6.38. The molecule has 8 nitrogen and oxygen atoms in total. The average molecular weight is 399 g/mol. The SMILES string of the molecule is CON(C)S(=O)(=O)c1ccc(NC(=O)C2CSC3(C)CCC(=O)N23)cc1. The van der Waals surface area contributed by atoms with Crippen molar-refractivity contribution in [3.8, 4) is 0 Å². The first-order valence-electron chi connectivity index (χ1n) is 8.09. The normalized spacial score (nSPS) is 25.6. The zero-order chi connectivity index (χ0) is 19.1. The van der Waals surface area contributed by atoms with Gasteiger partial charge < -0.3 is 10.2 Å². The molecule has 2 unspecified atom stereocenters. The highest BCUT2D eigenvalue weighted by Crippen LogP contribution is 2.47. The maximum absolute atomic E-state index is 12.6. The van der Waals surface area contributed by atoms with E-state index in [1.807, 2.05) is 6.92 Å². The van der Waals surface area contributed by atoms with Crippen LogP contribution in [0.15, 0.2) is 29.2 Å². The number of hydrogen-bond acceptors (Lipinski definition) is 6. The summed E-state index contributed by atoms with van der Waals surface area (Å²) < 4.78 is 25.1. The molecule has 1 N–H and O–H groups in total.